The van der Waals surface area contributed by atoms with Crippen LogP contribution in [0.25, 0.3) is 0 Å². The summed E-state index contributed by atoms with van der Waals surface area (Å²) in [6, 6.07) is 5.88. The smallest absolute Gasteiger partial charge is 0.128 e. The first-order valence-electron chi connectivity index (χ1n) is 5.42. The van der Waals surface area contributed by atoms with Gasteiger partial charge in [0.2, 0.25) is 0 Å². The summed E-state index contributed by atoms with van der Waals surface area (Å²) in [6.45, 7) is 6.91. The predicted molar refractivity (Wildman–Crippen MR) is 67.6 cm³/mol. The van der Waals surface area contributed by atoms with Crippen LogP contribution in [-0.4, -0.2) is 11.1 Å². The molecule has 0 bridgehead atoms. The molecule has 0 saturated carbocycles. The van der Waals surface area contributed by atoms with Crippen molar-refractivity contribution < 1.29 is 0 Å². The molecular weight excluding hydrogens is 198 g/mol. The minimum Gasteiger partial charge on any atom is -0.320 e. The minimum absolute atomic E-state index is 0.451. The van der Waals surface area contributed by atoms with Gasteiger partial charge in [-0.25, -0.2) is 0 Å². The second-order valence-electron chi connectivity index (χ2n) is 3.47. The van der Waals surface area contributed by atoms with Crippen molar-refractivity contribution >= 4 is 0 Å². The first-order valence-corrected chi connectivity index (χ1v) is 5.42. The van der Waals surface area contributed by atoms with Crippen LogP contribution in [-0.2, 0) is 6.67 Å². The van der Waals surface area contributed by atoms with Gasteiger partial charge in [0.05, 0.1) is 13.2 Å². The van der Waals surface area contributed by atoms with E-state index in [0.29, 0.717) is 13.2 Å². The molecule has 3 heteroatoms. The Hall–Kier alpha value is -1.61. The van der Waals surface area contributed by atoms with E-state index >= 15 is 0 Å². The molecule has 0 aliphatic carbocycles. The van der Waals surface area contributed by atoms with Crippen molar-refractivity contribution in [3.05, 3.63) is 54.2 Å². The lowest BCUT2D eigenvalue weighted by Gasteiger charge is -2.04. The van der Waals surface area contributed by atoms with E-state index in [0.717, 1.165) is 11.9 Å². The Labute approximate surface area is 96.6 Å². The first kappa shape index (κ1) is 12.5. The monoisotopic (exact) mass is 217 g/mol. The van der Waals surface area contributed by atoms with Gasteiger partial charge >= 0.3 is 0 Å². The van der Waals surface area contributed by atoms with Gasteiger partial charge in [-0.1, -0.05) is 18.2 Å². The Kier molecular flexibility index (Phi) is 5.29. The maximum absolute atomic E-state index is 5.62. The Morgan fingerprint density at radius 3 is 3.00 bits per heavy atom. The lowest BCUT2D eigenvalue weighted by Crippen LogP contribution is -2.24. The summed E-state index contributed by atoms with van der Waals surface area (Å²) in [5.41, 5.74) is 7.80. The van der Waals surface area contributed by atoms with E-state index in [-0.39, 0.29) is 0 Å². The lowest BCUT2D eigenvalue weighted by atomic mass is 10.2. The van der Waals surface area contributed by atoms with Gasteiger partial charge < -0.3 is 10.3 Å². The first-order chi connectivity index (χ1) is 7.81. The van der Waals surface area contributed by atoms with E-state index in [1.165, 1.54) is 5.57 Å². The van der Waals surface area contributed by atoms with E-state index in [9.17, 15) is 0 Å². The molecule has 1 aromatic heterocycles. The second kappa shape index (κ2) is 6.80. The molecule has 0 saturated heterocycles. The second-order valence-corrected chi connectivity index (χ2v) is 3.47. The van der Waals surface area contributed by atoms with E-state index in [4.69, 9.17) is 5.73 Å². The summed E-state index contributed by atoms with van der Waals surface area (Å²) < 4.78 is 1.92. The summed E-state index contributed by atoms with van der Waals surface area (Å²) in [6.07, 6.45) is 6.80. The molecule has 1 rings (SSSR count). The SMILES string of the molecule is C=CC/C(=C\C)CN=c1ccccn1CN. The molecular formula is C13H19N3. The summed E-state index contributed by atoms with van der Waals surface area (Å²) in [7, 11) is 0. The number of allylic oxidation sites excluding steroid dienone is 2. The van der Waals surface area contributed by atoms with Crippen LogP contribution in [0.5, 0.6) is 0 Å². The van der Waals surface area contributed by atoms with Crippen LogP contribution in [0.2, 0.25) is 0 Å². The standard InChI is InChI=1S/C13H19N3/c1-3-7-12(4-2)10-15-13-8-5-6-9-16(13)11-14/h3-6,8-9H,1,7,10-11,14H2,2H3/b12-4+,15-13?. The Morgan fingerprint density at radius 1 is 1.56 bits per heavy atom. The van der Waals surface area contributed by atoms with Crippen LogP contribution in [0.4, 0.5) is 0 Å². The van der Waals surface area contributed by atoms with Crippen molar-refractivity contribution in [3.8, 4) is 0 Å². The van der Waals surface area contributed by atoms with E-state index in [1.807, 2.05) is 42.0 Å². The number of nitrogens with zero attached hydrogens (tertiary/aromatic N) is 2. The maximum Gasteiger partial charge on any atom is 0.128 e. The molecule has 0 amide bonds. The van der Waals surface area contributed by atoms with Gasteiger partial charge in [-0.2, -0.15) is 0 Å². The molecule has 16 heavy (non-hydrogen) atoms. The highest BCUT2D eigenvalue weighted by Crippen LogP contribution is 2.01. The molecule has 3 nitrogen and oxygen atoms in total. The van der Waals surface area contributed by atoms with Crippen LogP contribution in [0.3, 0.4) is 0 Å². The van der Waals surface area contributed by atoms with Crippen LogP contribution < -0.4 is 11.2 Å². The fourth-order valence-electron chi connectivity index (χ4n) is 1.41. The number of hydrogen-bond donors (Lipinski definition) is 1. The van der Waals surface area contributed by atoms with Gasteiger partial charge in [0.25, 0.3) is 0 Å². The largest absolute Gasteiger partial charge is 0.320 e. The third-order valence-corrected chi connectivity index (χ3v) is 2.37. The van der Waals surface area contributed by atoms with Crippen LogP contribution in [0, 0.1) is 0 Å². The van der Waals surface area contributed by atoms with Crippen LogP contribution >= 0.6 is 0 Å². The molecule has 0 fully saturated rings. The van der Waals surface area contributed by atoms with Crippen LogP contribution in [0.15, 0.2) is 53.7 Å². The van der Waals surface area contributed by atoms with Crippen LogP contribution in [0.1, 0.15) is 13.3 Å². The van der Waals surface area contributed by atoms with E-state index in [1.54, 1.807) is 0 Å². The lowest BCUT2D eigenvalue weighted by molar-refractivity contribution is 0.680. The molecule has 1 aromatic rings. The molecule has 0 spiro atoms. The summed E-state index contributed by atoms with van der Waals surface area (Å²) in [4.78, 5) is 4.53. The molecule has 0 aliphatic heterocycles. The number of aromatic nitrogens is 1. The highest BCUT2D eigenvalue weighted by molar-refractivity contribution is 5.07. The van der Waals surface area contributed by atoms with Gasteiger partial charge in [0.15, 0.2) is 0 Å². The van der Waals surface area contributed by atoms with Gasteiger partial charge in [-0.3, -0.25) is 4.99 Å². The quantitative estimate of drug-likeness (QED) is 0.751. The summed E-state index contributed by atoms with van der Waals surface area (Å²) in [5, 5.41) is 0. The third kappa shape index (κ3) is 3.51. The van der Waals surface area contributed by atoms with Crippen molar-refractivity contribution in [1.29, 1.82) is 0 Å². The minimum atomic E-state index is 0.451. The highest BCUT2D eigenvalue weighted by Gasteiger charge is 1.92. The zero-order chi connectivity index (χ0) is 11.8. The average molecular weight is 217 g/mol. The Balaban J connectivity index is 2.87. The molecule has 0 atom stereocenters. The maximum atomic E-state index is 5.62. The molecule has 1 heterocycles. The third-order valence-electron chi connectivity index (χ3n) is 2.37. The summed E-state index contributed by atoms with van der Waals surface area (Å²) >= 11 is 0. The number of hydrogen-bond acceptors (Lipinski definition) is 2. The highest BCUT2D eigenvalue weighted by atomic mass is 15.1. The fourth-order valence-corrected chi connectivity index (χ4v) is 1.41. The van der Waals surface area contributed by atoms with Gasteiger partial charge in [-0.05, 0) is 31.1 Å². The number of rotatable bonds is 5. The predicted octanol–water partition coefficient (Wildman–Crippen LogP) is 1.83. The van der Waals surface area contributed by atoms with E-state index in [2.05, 4.69) is 17.6 Å². The molecule has 2 N–H and O–H groups in total. The summed E-state index contributed by atoms with van der Waals surface area (Å²) in [5.74, 6) is 0. The molecule has 0 radical (unpaired) electrons. The zero-order valence-electron chi connectivity index (χ0n) is 9.76. The molecule has 0 unspecified atom stereocenters. The van der Waals surface area contributed by atoms with Crippen molar-refractivity contribution in [2.75, 3.05) is 6.54 Å². The topological polar surface area (TPSA) is 43.3 Å². The van der Waals surface area contributed by atoms with Crippen molar-refractivity contribution in [2.24, 2.45) is 10.7 Å². The van der Waals surface area contributed by atoms with Gasteiger partial charge in [0, 0.05) is 6.20 Å². The van der Waals surface area contributed by atoms with Gasteiger partial charge in [-0.15, -0.1) is 6.58 Å². The van der Waals surface area contributed by atoms with E-state index < -0.39 is 0 Å². The Morgan fingerprint density at radius 2 is 2.38 bits per heavy atom. The normalized spacial score (nSPS) is 12.9. The molecule has 86 valence electrons. The van der Waals surface area contributed by atoms with Crippen molar-refractivity contribution in [2.45, 2.75) is 20.0 Å². The van der Waals surface area contributed by atoms with Crippen molar-refractivity contribution in [1.82, 2.24) is 4.57 Å². The fraction of sp³-hybridized carbons (Fsp3) is 0.308. The zero-order valence-corrected chi connectivity index (χ0v) is 9.76. The molecule has 0 aliphatic rings. The van der Waals surface area contributed by atoms with Gasteiger partial charge in [0.1, 0.15) is 5.49 Å². The van der Waals surface area contributed by atoms with Crippen molar-refractivity contribution in [3.63, 3.8) is 0 Å². The Bertz CT molecular complexity index is 427. The number of nitrogens with two attached hydrogens (primary N) is 1. The average Bonchev–Trinajstić information content (AvgIpc) is 2.34. The number of pyridine rings is 1. The molecule has 0 aromatic carbocycles.